The largest absolute Gasteiger partial charge is 0.459 e. The summed E-state index contributed by atoms with van der Waals surface area (Å²) in [6.07, 6.45) is 3.39. The second kappa shape index (κ2) is 8.94. The quantitative estimate of drug-likeness (QED) is 0.520. The maximum Gasteiger partial charge on any atom is 0.333 e. The molecule has 0 aliphatic heterocycles. The monoisotopic (exact) mass is 308 g/mol. The molecule has 0 aromatic heterocycles. The molecule has 0 amide bonds. The Labute approximate surface area is 138 Å². The molecule has 2 aromatic rings. The first-order valence-corrected chi connectivity index (χ1v) is 8.09. The molecule has 0 saturated heterocycles. The van der Waals surface area contributed by atoms with Crippen molar-refractivity contribution in [3.05, 3.63) is 83.9 Å². The molecular weight excluding hydrogens is 284 g/mol. The van der Waals surface area contributed by atoms with Gasteiger partial charge in [-0.3, -0.25) is 0 Å². The number of carbonyl (C=O) groups excluding carboxylic acids is 1. The van der Waals surface area contributed by atoms with E-state index in [-0.39, 0.29) is 12.1 Å². The van der Waals surface area contributed by atoms with Crippen molar-refractivity contribution in [3.8, 4) is 0 Å². The summed E-state index contributed by atoms with van der Waals surface area (Å²) < 4.78 is 5.62. The number of benzene rings is 2. The standard InChI is InChI=1S/C21H24O2/c1-17(2)21(22)23-20(15-13-18-9-5-3-6-10-18)16-14-19-11-7-4-8-12-19/h3-12,20H,1,13-16H2,2H3. The highest BCUT2D eigenvalue weighted by atomic mass is 16.5. The first-order chi connectivity index (χ1) is 11.1. The number of aryl methyl sites for hydroxylation is 2. The first kappa shape index (κ1) is 17.0. The van der Waals surface area contributed by atoms with E-state index in [0.717, 1.165) is 25.7 Å². The highest BCUT2D eigenvalue weighted by Crippen LogP contribution is 2.15. The fraction of sp³-hybridized carbons (Fsp3) is 0.286. The Balaban J connectivity index is 1.93. The molecule has 0 bridgehead atoms. The van der Waals surface area contributed by atoms with Gasteiger partial charge in [0.15, 0.2) is 0 Å². The van der Waals surface area contributed by atoms with Gasteiger partial charge in [-0.1, -0.05) is 67.2 Å². The molecule has 23 heavy (non-hydrogen) atoms. The van der Waals surface area contributed by atoms with Gasteiger partial charge in [0.05, 0.1) is 0 Å². The third kappa shape index (κ3) is 6.11. The smallest absolute Gasteiger partial charge is 0.333 e. The van der Waals surface area contributed by atoms with Crippen LogP contribution in [0.1, 0.15) is 30.9 Å². The van der Waals surface area contributed by atoms with Crippen molar-refractivity contribution < 1.29 is 9.53 Å². The zero-order valence-corrected chi connectivity index (χ0v) is 13.7. The molecule has 0 unspecified atom stereocenters. The normalized spacial score (nSPS) is 10.5. The predicted octanol–water partition coefficient (Wildman–Crippen LogP) is 4.74. The minimum absolute atomic E-state index is 0.0837. The third-order valence-electron chi connectivity index (χ3n) is 3.82. The Morgan fingerprint density at radius 1 is 0.913 bits per heavy atom. The van der Waals surface area contributed by atoms with Gasteiger partial charge in [-0.05, 0) is 43.7 Å². The lowest BCUT2D eigenvalue weighted by Crippen LogP contribution is -2.20. The van der Waals surface area contributed by atoms with Crippen LogP contribution in [0.15, 0.2) is 72.8 Å². The van der Waals surface area contributed by atoms with Gasteiger partial charge in [0.1, 0.15) is 6.10 Å². The zero-order chi connectivity index (χ0) is 16.5. The Bertz CT molecular complexity index is 573. The van der Waals surface area contributed by atoms with Crippen LogP contribution >= 0.6 is 0 Å². The topological polar surface area (TPSA) is 26.3 Å². The minimum atomic E-state index is -0.295. The van der Waals surface area contributed by atoms with E-state index in [0.29, 0.717) is 5.57 Å². The molecule has 2 rings (SSSR count). The van der Waals surface area contributed by atoms with Gasteiger partial charge in [0.25, 0.3) is 0 Å². The van der Waals surface area contributed by atoms with Crippen LogP contribution in [-0.2, 0) is 22.4 Å². The number of carbonyl (C=O) groups is 1. The molecule has 0 heterocycles. The summed E-state index contributed by atoms with van der Waals surface area (Å²) in [6.45, 7) is 5.36. The maximum absolute atomic E-state index is 11.9. The summed E-state index contributed by atoms with van der Waals surface area (Å²) in [5.41, 5.74) is 2.99. The van der Waals surface area contributed by atoms with E-state index in [9.17, 15) is 4.79 Å². The summed E-state index contributed by atoms with van der Waals surface area (Å²) in [5.74, 6) is -0.295. The molecule has 0 fully saturated rings. The highest BCUT2D eigenvalue weighted by molar-refractivity contribution is 5.87. The lowest BCUT2D eigenvalue weighted by Gasteiger charge is -2.18. The van der Waals surface area contributed by atoms with E-state index in [1.54, 1.807) is 6.92 Å². The van der Waals surface area contributed by atoms with Crippen LogP contribution in [0.5, 0.6) is 0 Å². The molecule has 0 aliphatic rings. The average molecular weight is 308 g/mol. The summed E-state index contributed by atoms with van der Waals surface area (Å²) in [6, 6.07) is 20.6. The van der Waals surface area contributed by atoms with Gasteiger partial charge in [-0.2, -0.15) is 0 Å². The number of rotatable bonds is 8. The molecule has 0 spiro atoms. The second-order valence-corrected chi connectivity index (χ2v) is 5.86. The molecular formula is C21H24O2. The number of ether oxygens (including phenoxy) is 1. The SMILES string of the molecule is C=C(C)C(=O)OC(CCc1ccccc1)CCc1ccccc1. The summed E-state index contributed by atoms with van der Waals surface area (Å²) in [4.78, 5) is 11.9. The van der Waals surface area contributed by atoms with Gasteiger partial charge in [0.2, 0.25) is 0 Å². The van der Waals surface area contributed by atoms with Crippen molar-refractivity contribution in [3.63, 3.8) is 0 Å². The Hall–Kier alpha value is -2.35. The number of esters is 1. The van der Waals surface area contributed by atoms with Crippen molar-refractivity contribution in [2.24, 2.45) is 0 Å². The lowest BCUT2D eigenvalue weighted by molar-refractivity contribution is -0.144. The summed E-state index contributed by atoms with van der Waals surface area (Å²) >= 11 is 0. The third-order valence-corrected chi connectivity index (χ3v) is 3.82. The predicted molar refractivity (Wildman–Crippen MR) is 94.2 cm³/mol. The highest BCUT2D eigenvalue weighted by Gasteiger charge is 2.15. The van der Waals surface area contributed by atoms with Crippen LogP contribution in [0, 0.1) is 0 Å². The van der Waals surface area contributed by atoms with Crippen LogP contribution < -0.4 is 0 Å². The fourth-order valence-electron chi connectivity index (χ4n) is 2.46. The van der Waals surface area contributed by atoms with Crippen molar-refractivity contribution in [1.82, 2.24) is 0 Å². The molecule has 0 N–H and O–H groups in total. The molecule has 2 nitrogen and oxygen atoms in total. The van der Waals surface area contributed by atoms with Crippen molar-refractivity contribution in [2.45, 2.75) is 38.7 Å². The number of hydrogen-bond donors (Lipinski definition) is 0. The van der Waals surface area contributed by atoms with Gasteiger partial charge in [-0.25, -0.2) is 4.79 Å². The zero-order valence-electron chi connectivity index (χ0n) is 13.7. The van der Waals surface area contributed by atoms with Gasteiger partial charge >= 0.3 is 5.97 Å². The van der Waals surface area contributed by atoms with Crippen molar-refractivity contribution >= 4 is 5.97 Å². The first-order valence-electron chi connectivity index (χ1n) is 8.09. The molecule has 2 heteroatoms. The fourth-order valence-corrected chi connectivity index (χ4v) is 2.46. The molecule has 0 atom stereocenters. The van der Waals surface area contributed by atoms with Crippen LogP contribution in [0.25, 0.3) is 0 Å². The average Bonchev–Trinajstić information content (AvgIpc) is 2.59. The molecule has 2 aromatic carbocycles. The van der Waals surface area contributed by atoms with Crippen LogP contribution in [0.4, 0.5) is 0 Å². The molecule has 0 radical (unpaired) electrons. The van der Waals surface area contributed by atoms with Crippen LogP contribution in [-0.4, -0.2) is 12.1 Å². The Kier molecular flexibility index (Phi) is 6.61. The van der Waals surface area contributed by atoms with Crippen molar-refractivity contribution in [1.29, 1.82) is 0 Å². The molecule has 0 aliphatic carbocycles. The van der Waals surface area contributed by atoms with E-state index in [4.69, 9.17) is 4.74 Å². The lowest BCUT2D eigenvalue weighted by atomic mass is 10.0. The van der Waals surface area contributed by atoms with E-state index in [1.165, 1.54) is 11.1 Å². The van der Waals surface area contributed by atoms with Crippen LogP contribution in [0.3, 0.4) is 0 Å². The van der Waals surface area contributed by atoms with E-state index < -0.39 is 0 Å². The van der Waals surface area contributed by atoms with E-state index in [2.05, 4.69) is 30.8 Å². The Morgan fingerprint density at radius 2 is 1.35 bits per heavy atom. The molecule has 120 valence electrons. The maximum atomic E-state index is 11.9. The second-order valence-electron chi connectivity index (χ2n) is 5.86. The summed E-state index contributed by atoms with van der Waals surface area (Å²) in [5, 5.41) is 0. The minimum Gasteiger partial charge on any atom is -0.459 e. The Morgan fingerprint density at radius 3 is 1.74 bits per heavy atom. The van der Waals surface area contributed by atoms with Gasteiger partial charge in [0, 0.05) is 5.57 Å². The summed E-state index contributed by atoms with van der Waals surface area (Å²) in [7, 11) is 0. The van der Waals surface area contributed by atoms with Gasteiger partial charge < -0.3 is 4.74 Å². The molecule has 0 saturated carbocycles. The van der Waals surface area contributed by atoms with E-state index in [1.807, 2.05) is 36.4 Å². The number of hydrogen-bond acceptors (Lipinski definition) is 2. The van der Waals surface area contributed by atoms with Crippen molar-refractivity contribution in [2.75, 3.05) is 0 Å². The van der Waals surface area contributed by atoms with E-state index >= 15 is 0 Å². The van der Waals surface area contributed by atoms with Crippen LogP contribution in [0.2, 0.25) is 0 Å². The van der Waals surface area contributed by atoms with Gasteiger partial charge in [-0.15, -0.1) is 0 Å².